The molecule has 1 aromatic carbocycles. The molecule has 0 radical (unpaired) electrons. The Morgan fingerprint density at radius 1 is 1.42 bits per heavy atom. The Morgan fingerprint density at radius 3 is 2.95 bits per heavy atom. The maximum atomic E-state index is 5.96. The monoisotopic (exact) mass is 261 g/mol. The standard InChI is InChI=1S/C16H23NO2/c1-12-4-5-15-13(8-12)9-14(19-15)10-17-11-16(18-2)6-3-7-16/h4-5,8,14,17H,3,6-7,9-11H2,1-2H3. The Labute approximate surface area is 115 Å². The van der Waals surface area contributed by atoms with Gasteiger partial charge in [-0.1, -0.05) is 17.7 Å². The predicted molar refractivity (Wildman–Crippen MR) is 75.8 cm³/mol. The second-order valence-electron chi connectivity index (χ2n) is 5.93. The fourth-order valence-electron chi connectivity index (χ4n) is 3.05. The van der Waals surface area contributed by atoms with Crippen molar-refractivity contribution in [1.82, 2.24) is 5.32 Å². The summed E-state index contributed by atoms with van der Waals surface area (Å²) in [4.78, 5) is 0. The van der Waals surface area contributed by atoms with Gasteiger partial charge in [0.2, 0.25) is 0 Å². The lowest BCUT2D eigenvalue weighted by Gasteiger charge is -2.40. The summed E-state index contributed by atoms with van der Waals surface area (Å²) in [6, 6.07) is 6.44. The maximum absolute atomic E-state index is 5.96. The van der Waals surface area contributed by atoms with Gasteiger partial charge in [0.05, 0.1) is 5.60 Å². The van der Waals surface area contributed by atoms with E-state index < -0.39 is 0 Å². The minimum Gasteiger partial charge on any atom is -0.488 e. The summed E-state index contributed by atoms with van der Waals surface area (Å²) in [6.45, 7) is 3.97. The van der Waals surface area contributed by atoms with E-state index in [-0.39, 0.29) is 11.7 Å². The van der Waals surface area contributed by atoms with Crippen LogP contribution in [-0.2, 0) is 11.2 Å². The van der Waals surface area contributed by atoms with Crippen molar-refractivity contribution >= 4 is 0 Å². The summed E-state index contributed by atoms with van der Waals surface area (Å²) in [7, 11) is 1.82. The minimum absolute atomic E-state index is 0.0992. The van der Waals surface area contributed by atoms with E-state index in [9.17, 15) is 0 Å². The molecule has 1 N–H and O–H groups in total. The van der Waals surface area contributed by atoms with Crippen LogP contribution >= 0.6 is 0 Å². The van der Waals surface area contributed by atoms with Gasteiger partial charge in [0.1, 0.15) is 11.9 Å². The molecule has 1 fully saturated rings. The molecule has 1 unspecified atom stereocenters. The third-order valence-electron chi connectivity index (χ3n) is 4.47. The molecule has 19 heavy (non-hydrogen) atoms. The second kappa shape index (κ2) is 5.14. The van der Waals surface area contributed by atoms with Crippen LogP contribution in [0.5, 0.6) is 5.75 Å². The molecular weight excluding hydrogens is 238 g/mol. The molecule has 1 aliphatic carbocycles. The van der Waals surface area contributed by atoms with Crippen LogP contribution in [-0.4, -0.2) is 31.9 Å². The molecule has 1 atom stereocenters. The van der Waals surface area contributed by atoms with Gasteiger partial charge in [-0.05, 0) is 37.8 Å². The summed E-state index contributed by atoms with van der Waals surface area (Å²) in [5.41, 5.74) is 2.75. The number of hydrogen-bond acceptors (Lipinski definition) is 3. The molecule has 0 bridgehead atoms. The van der Waals surface area contributed by atoms with E-state index in [4.69, 9.17) is 9.47 Å². The molecule has 1 aliphatic heterocycles. The summed E-state index contributed by atoms with van der Waals surface area (Å²) in [5, 5.41) is 3.52. The smallest absolute Gasteiger partial charge is 0.123 e. The first-order valence-corrected chi connectivity index (χ1v) is 7.23. The largest absolute Gasteiger partial charge is 0.488 e. The number of hydrogen-bond donors (Lipinski definition) is 1. The molecule has 3 heteroatoms. The summed E-state index contributed by atoms with van der Waals surface area (Å²) in [6.07, 6.45) is 4.94. The number of benzene rings is 1. The minimum atomic E-state index is 0.0992. The molecule has 1 heterocycles. The van der Waals surface area contributed by atoms with E-state index in [0.717, 1.165) is 25.3 Å². The van der Waals surface area contributed by atoms with E-state index >= 15 is 0 Å². The Hall–Kier alpha value is -1.06. The summed E-state index contributed by atoms with van der Waals surface area (Å²) in [5.74, 6) is 1.06. The van der Waals surface area contributed by atoms with Gasteiger partial charge < -0.3 is 14.8 Å². The SMILES string of the molecule is COC1(CNCC2Cc3cc(C)ccc3O2)CCC1. The van der Waals surface area contributed by atoms with Gasteiger partial charge in [-0.2, -0.15) is 0 Å². The van der Waals surface area contributed by atoms with Crippen molar-refractivity contribution in [3.05, 3.63) is 29.3 Å². The fraction of sp³-hybridized carbons (Fsp3) is 0.625. The number of fused-ring (bicyclic) bond motifs is 1. The van der Waals surface area contributed by atoms with Crippen molar-refractivity contribution < 1.29 is 9.47 Å². The third-order valence-corrected chi connectivity index (χ3v) is 4.47. The van der Waals surface area contributed by atoms with Crippen LogP contribution in [0.3, 0.4) is 0 Å². The second-order valence-corrected chi connectivity index (χ2v) is 5.93. The zero-order chi connectivity index (χ0) is 13.3. The first-order chi connectivity index (χ1) is 9.21. The lowest BCUT2D eigenvalue weighted by atomic mass is 9.80. The average Bonchev–Trinajstić information content (AvgIpc) is 2.74. The van der Waals surface area contributed by atoms with E-state index in [1.54, 1.807) is 0 Å². The number of ether oxygens (including phenoxy) is 2. The Morgan fingerprint density at radius 2 is 2.26 bits per heavy atom. The van der Waals surface area contributed by atoms with Crippen molar-refractivity contribution in [1.29, 1.82) is 0 Å². The van der Waals surface area contributed by atoms with E-state index in [2.05, 4.69) is 30.4 Å². The van der Waals surface area contributed by atoms with Gasteiger partial charge in [-0.25, -0.2) is 0 Å². The normalized spacial score (nSPS) is 23.6. The van der Waals surface area contributed by atoms with Gasteiger partial charge in [-0.15, -0.1) is 0 Å². The molecule has 0 saturated heterocycles. The molecule has 3 rings (SSSR count). The number of aryl methyl sites for hydroxylation is 1. The van der Waals surface area contributed by atoms with Crippen molar-refractivity contribution in [2.75, 3.05) is 20.2 Å². The number of rotatable bonds is 5. The van der Waals surface area contributed by atoms with Crippen LogP contribution in [0.2, 0.25) is 0 Å². The quantitative estimate of drug-likeness (QED) is 0.883. The molecule has 104 valence electrons. The summed E-state index contributed by atoms with van der Waals surface area (Å²) >= 11 is 0. The number of nitrogens with one attached hydrogen (secondary N) is 1. The summed E-state index contributed by atoms with van der Waals surface area (Å²) < 4.78 is 11.6. The van der Waals surface area contributed by atoms with E-state index in [1.807, 2.05) is 7.11 Å². The van der Waals surface area contributed by atoms with Crippen LogP contribution < -0.4 is 10.1 Å². The molecular formula is C16H23NO2. The zero-order valence-electron chi connectivity index (χ0n) is 11.9. The fourth-order valence-corrected chi connectivity index (χ4v) is 3.05. The van der Waals surface area contributed by atoms with Crippen molar-refractivity contribution in [2.45, 2.75) is 44.3 Å². The van der Waals surface area contributed by atoms with Gasteiger partial charge in [0.15, 0.2) is 0 Å². The van der Waals surface area contributed by atoms with Crippen LogP contribution in [0, 0.1) is 6.92 Å². The molecule has 0 amide bonds. The molecule has 1 saturated carbocycles. The van der Waals surface area contributed by atoms with Crippen LogP contribution in [0.25, 0.3) is 0 Å². The van der Waals surface area contributed by atoms with Crippen molar-refractivity contribution in [2.24, 2.45) is 0 Å². The highest BCUT2D eigenvalue weighted by Gasteiger charge is 2.36. The van der Waals surface area contributed by atoms with Crippen molar-refractivity contribution in [3.63, 3.8) is 0 Å². The predicted octanol–water partition coefficient (Wildman–Crippen LogP) is 2.46. The molecule has 0 aromatic heterocycles. The van der Waals surface area contributed by atoms with Crippen molar-refractivity contribution in [3.8, 4) is 5.75 Å². The highest BCUT2D eigenvalue weighted by atomic mass is 16.5. The highest BCUT2D eigenvalue weighted by Crippen LogP contribution is 2.34. The molecule has 3 nitrogen and oxygen atoms in total. The van der Waals surface area contributed by atoms with Gasteiger partial charge >= 0.3 is 0 Å². The molecule has 1 aromatic rings. The lowest BCUT2D eigenvalue weighted by molar-refractivity contribution is -0.0700. The van der Waals surface area contributed by atoms with Crippen LogP contribution in [0.15, 0.2) is 18.2 Å². The Kier molecular flexibility index (Phi) is 3.50. The third kappa shape index (κ3) is 2.63. The van der Waals surface area contributed by atoms with Crippen LogP contribution in [0.4, 0.5) is 0 Å². The van der Waals surface area contributed by atoms with Gasteiger partial charge in [0, 0.05) is 26.6 Å². The zero-order valence-corrected chi connectivity index (χ0v) is 11.9. The first kappa shape index (κ1) is 12.9. The molecule has 0 spiro atoms. The van der Waals surface area contributed by atoms with E-state index in [1.165, 1.54) is 30.4 Å². The first-order valence-electron chi connectivity index (χ1n) is 7.23. The van der Waals surface area contributed by atoms with Gasteiger partial charge in [0.25, 0.3) is 0 Å². The van der Waals surface area contributed by atoms with Crippen LogP contribution in [0.1, 0.15) is 30.4 Å². The van der Waals surface area contributed by atoms with Gasteiger partial charge in [-0.3, -0.25) is 0 Å². The topological polar surface area (TPSA) is 30.5 Å². The maximum Gasteiger partial charge on any atom is 0.123 e. The lowest BCUT2D eigenvalue weighted by Crippen LogP contribution is -2.49. The average molecular weight is 261 g/mol. The van der Waals surface area contributed by atoms with E-state index in [0.29, 0.717) is 0 Å². The number of methoxy groups -OCH3 is 1. The Bertz CT molecular complexity index is 449. The molecule has 2 aliphatic rings. The Balaban J connectivity index is 1.48. The highest BCUT2D eigenvalue weighted by molar-refractivity contribution is 5.40.